The summed E-state index contributed by atoms with van der Waals surface area (Å²) in [6.07, 6.45) is 0. The van der Waals surface area contributed by atoms with E-state index < -0.39 is 10.1 Å². The fraction of sp³-hybridized carbons (Fsp3) is 0.125. The van der Waals surface area contributed by atoms with Crippen LogP contribution in [0, 0.1) is 6.92 Å². The number of hydrogen-bond donors (Lipinski definition) is 1. The summed E-state index contributed by atoms with van der Waals surface area (Å²) in [6, 6.07) is 4.48. The molecule has 0 unspecified atom stereocenters. The van der Waals surface area contributed by atoms with Gasteiger partial charge in [-0.1, -0.05) is 0 Å². The van der Waals surface area contributed by atoms with E-state index in [-0.39, 0.29) is 19.4 Å². The first-order valence-corrected chi connectivity index (χ1v) is 6.97. The standard InChI is InChI=1S/C8H7NO3SSe/c1-5-9-7-3-2-6(13(10,11)12)4-8(7)14-5/h2-4H,1H3,(H,10,11,12). The molecule has 2 rings (SSSR count). The van der Waals surface area contributed by atoms with Crippen LogP contribution in [0.3, 0.4) is 0 Å². The first-order chi connectivity index (χ1) is 6.47. The van der Waals surface area contributed by atoms with E-state index in [1.54, 1.807) is 6.07 Å². The molecule has 0 aliphatic carbocycles. The molecule has 0 bridgehead atoms. The average molecular weight is 276 g/mol. The second-order valence-electron chi connectivity index (χ2n) is 2.84. The Bertz CT molecular complexity index is 588. The third kappa shape index (κ3) is 1.74. The first kappa shape index (κ1) is 9.86. The molecule has 0 fully saturated rings. The van der Waals surface area contributed by atoms with Crippen molar-refractivity contribution in [3.05, 3.63) is 22.8 Å². The zero-order valence-electron chi connectivity index (χ0n) is 7.26. The molecule has 2 aromatic rings. The van der Waals surface area contributed by atoms with Gasteiger partial charge in [0.05, 0.1) is 0 Å². The molecule has 4 nitrogen and oxygen atoms in total. The van der Waals surface area contributed by atoms with Crippen molar-refractivity contribution in [3.63, 3.8) is 0 Å². The molecule has 1 aromatic heterocycles. The van der Waals surface area contributed by atoms with Crippen LogP contribution >= 0.6 is 0 Å². The van der Waals surface area contributed by atoms with Crippen molar-refractivity contribution in [2.75, 3.05) is 0 Å². The Balaban J connectivity index is 2.74. The molecule has 6 heteroatoms. The summed E-state index contributed by atoms with van der Waals surface area (Å²) in [7, 11) is -4.08. The Hall–Kier alpha value is -0.681. The molecule has 0 saturated heterocycles. The van der Waals surface area contributed by atoms with Gasteiger partial charge in [-0.05, 0) is 0 Å². The number of rotatable bonds is 1. The summed E-state index contributed by atoms with van der Waals surface area (Å²) in [5.74, 6) is 0. The van der Waals surface area contributed by atoms with Gasteiger partial charge in [-0.25, -0.2) is 0 Å². The molecule has 1 aromatic carbocycles. The Morgan fingerprint density at radius 1 is 1.43 bits per heavy atom. The van der Waals surface area contributed by atoms with Gasteiger partial charge < -0.3 is 0 Å². The summed E-state index contributed by atoms with van der Waals surface area (Å²) in [5.41, 5.74) is 0.815. The Kier molecular flexibility index (Phi) is 2.23. The van der Waals surface area contributed by atoms with Gasteiger partial charge in [-0.2, -0.15) is 0 Å². The van der Waals surface area contributed by atoms with Crippen molar-refractivity contribution < 1.29 is 13.0 Å². The summed E-state index contributed by atoms with van der Waals surface area (Å²) in [6.45, 7) is 1.91. The third-order valence-corrected chi connectivity index (χ3v) is 4.57. The van der Waals surface area contributed by atoms with E-state index in [2.05, 4.69) is 4.98 Å². The Morgan fingerprint density at radius 2 is 2.14 bits per heavy atom. The van der Waals surface area contributed by atoms with E-state index in [0.29, 0.717) is 0 Å². The van der Waals surface area contributed by atoms with Crippen molar-refractivity contribution >= 4 is 34.4 Å². The molecule has 0 amide bonds. The van der Waals surface area contributed by atoms with Gasteiger partial charge in [-0.15, -0.1) is 0 Å². The van der Waals surface area contributed by atoms with Gasteiger partial charge in [0, 0.05) is 0 Å². The van der Waals surface area contributed by atoms with Crippen molar-refractivity contribution in [1.29, 1.82) is 0 Å². The molecule has 1 heterocycles. The minimum absolute atomic E-state index is 0.0528. The molecule has 14 heavy (non-hydrogen) atoms. The van der Waals surface area contributed by atoms with E-state index in [4.69, 9.17) is 4.55 Å². The summed E-state index contributed by atoms with van der Waals surface area (Å²) in [4.78, 5) is 4.19. The average Bonchev–Trinajstić information content (AvgIpc) is 2.41. The van der Waals surface area contributed by atoms with Crippen molar-refractivity contribution in [2.24, 2.45) is 0 Å². The van der Waals surface area contributed by atoms with Gasteiger partial charge in [0.1, 0.15) is 0 Å². The van der Waals surface area contributed by atoms with Crippen LogP contribution in [0.15, 0.2) is 23.1 Å². The first-order valence-electron chi connectivity index (χ1n) is 3.81. The zero-order valence-corrected chi connectivity index (χ0v) is 9.79. The fourth-order valence-corrected chi connectivity index (χ4v) is 3.67. The summed E-state index contributed by atoms with van der Waals surface area (Å²) >= 11 is 0.0933. The van der Waals surface area contributed by atoms with Crippen LogP contribution < -0.4 is 0 Å². The van der Waals surface area contributed by atoms with Crippen molar-refractivity contribution in [2.45, 2.75) is 11.8 Å². The summed E-state index contributed by atoms with van der Waals surface area (Å²) < 4.78 is 32.4. The number of fused-ring (bicyclic) bond motifs is 1. The van der Waals surface area contributed by atoms with Gasteiger partial charge in [0.2, 0.25) is 0 Å². The van der Waals surface area contributed by atoms with Crippen LogP contribution in [0.1, 0.15) is 4.57 Å². The molecule has 1 N–H and O–H groups in total. The molecule has 0 atom stereocenters. The SMILES string of the molecule is Cc1nc2ccc(S(=O)(=O)O)cc2[se]1. The Labute approximate surface area is 87.1 Å². The molecule has 0 spiro atoms. The molecular formula is C8H7NO3SSe. The van der Waals surface area contributed by atoms with E-state index in [1.807, 2.05) is 6.92 Å². The molecule has 0 aliphatic rings. The van der Waals surface area contributed by atoms with Gasteiger partial charge in [0.15, 0.2) is 0 Å². The van der Waals surface area contributed by atoms with Crippen LogP contribution in [0.2, 0.25) is 0 Å². The number of hydrogen-bond acceptors (Lipinski definition) is 3. The molecule has 0 aliphatic heterocycles. The predicted molar refractivity (Wildman–Crippen MR) is 53.2 cm³/mol. The summed E-state index contributed by atoms with van der Waals surface area (Å²) in [5, 5.41) is 0. The fourth-order valence-electron chi connectivity index (χ4n) is 1.18. The Morgan fingerprint density at radius 3 is 2.79 bits per heavy atom. The van der Waals surface area contributed by atoms with Gasteiger partial charge in [0.25, 0.3) is 0 Å². The molecular weight excluding hydrogens is 269 g/mol. The topological polar surface area (TPSA) is 67.3 Å². The van der Waals surface area contributed by atoms with Crippen molar-refractivity contribution in [3.8, 4) is 0 Å². The second kappa shape index (κ2) is 3.17. The monoisotopic (exact) mass is 277 g/mol. The number of aryl methyl sites for hydroxylation is 1. The quantitative estimate of drug-likeness (QED) is 0.619. The van der Waals surface area contributed by atoms with Crippen LogP contribution in [0.25, 0.3) is 9.78 Å². The number of nitrogens with zero attached hydrogens (tertiary/aromatic N) is 1. The van der Waals surface area contributed by atoms with E-state index in [0.717, 1.165) is 14.3 Å². The van der Waals surface area contributed by atoms with Crippen LogP contribution in [0.5, 0.6) is 0 Å². The van der Waals surface area contributed by atoms with Crippen LogP contribution in [0.4, 0.5) is 0 Å². The second-order valence-corrected chi connectivity index (χ2v) is 6.85. The van der Waals surface area contributed by atoms with E-state index >= 15 is 0 Å². The predicted octanol–water partition coefficient (Wildman–Crippen LogP) is 0.847. The van der Waals surface area contributed by atoms with Gasteiger partial charge >= 0.3 is 86.9 Å². The minimum atomic E-state index is -4.08. The maximum atomic E-state index is 10.8. The molecule has 0 radical (unpaired) electrons. The number of aromatic nitrogens is 1. The van der Waals surface area contributed by atoms with Gasteiger partial charge in [-0.3, -0.25) is 0 Å². The van der Waals surface area contributed by atoms with E-state index in [1.165, 1.54) is 12.1 Å². The normalized spacial score (nSPS) is 12.1. The number of benzene rings is 1. The maximum absolute atomic E-state index is 10.8. The van der Waals surface area contributed by atoms with Crippen molar-refractivity contribution in [1.82, 2.24) is 4.98 Å². The molecule has 0 saturated carbocycles. The van der Waals surface area contributed by atoms with E-state index in [9.17, 15) is 8.42 Å². The van der Waals surface area contributed by atoms with Crippen LogP contribution in [-0.4, -0.2) is 32.5 Å². The molecule has 74 valence electrons. The zero-order chi connectivity index (χ0) is 10.3. The van der Waals surface area contributed by atoms with Crippen LogP contribution in [-0.2, 0) is 10.1 Å². The third-order valence-electron chi connectivity index (χ3n) is 1.76.